The van der Waals surface area contributed by atoms with Crippen LogP contribution in [0.15, 0.2) is 24.3 Å². The lowest BCUT2D eigenvalue weighted by Gasteiger charge is -2.27. The number of benzene rings is 1. The van der Waals surface area contributed by atoms with E-state index in [1.807, 2.05) is 0 Å². The first-order chi connectivity index (χ1) is 9.28. The Balaban J connectivity index is 1.83. The average molecular weight is 264 g/mol. The van der Waals surface area contributed by atoms with E-state index < -0.39 is 0 Å². The molecule has 1 aromatic rings. The molecule has 0 radical (unpaired) electrons. The maximum atomic E-state index is 5.48. The zero-order chi connectivity index (χ0) is 13.5. The van der Waals surface area contributed by atoms with Gasteiger partial charge in [-0.2, -0.15) is 0 Å². The van der Waals surface area contributed by atoms with Gasteiger partial charge >= 0.3 is 0 Å². The minimum Gasteiger partial charge on any atom is -0.383 e. The third-order valence-electron chi connectivity index (χ3n) is 3.29. The number of nitrogens with one attached hydrogen (secondary N) is 2. The average Bonchev–Trinajstić information content (AvgIpc) is 2.40. The summed E-state index contributed by atoms with van der Waals surface area (Å²) in [6.07, 6.45) is 1.06. The third-order valence-corrected chi connectivity index (χ3v) is 3.29. The molecule has 2 atom stereocenters. The monoisotopic (exact) mass is 264 g/mol. The van der Waals surface area contributed by atoms with Gasteiger partial charge in [-0.05, 0) is 31.0 Å². The lowest BCUT2D eigenvalue weighted by Crippen LogP contribution is -2.43. The molecule has 1 aliphatic heterocycles. The van der Waals surface area contributed by atoms with Crippen LogP contribution in [-0.2, 0) is 16.1 Å². The van der Waals surface area contributed by atoms with Crippen molar-refractivity contribution in [1.82, 2.24) is 5.32 Å². The smallest absolute Gasteiger partial charge is 0.0713 e. The molecule has 4 heteroatoms. The molecule has 1 aliphatic rings. The van der Waals surface area contributed by atoms with Crippen molar-refractivity contribution in [1.29, 1.82) is 0 Å². The number of morpholine rings is 1. The summed E-state index contributed by atoms with van der Waals surface area (Å²) in [6, 6.07) is 9.25. The molecule has 0 aromatic heterocycles. The van der Waals surface area contributed by atoms with Crippen molar-refractivity contribution in [3.8, 4) is 0 Å². The number of methoxy groups -OCH3 is 1. The molecule has 19 heavy (non-hydrogen) atoms. The molecular weight excluding hydrogens is 240 g/mol. The van der Waals surface area contributed by atoms with Crippen LogP contribution in [0.1, 0.15) is 18.9 Å². The zero-order valence-electron chi connectivity index (χ0n) is 11.8. The van der Waals surface area contributed by atoms with Gasteiger partial charge in [-0.3, -0.25) is 0 Å². The number of ether oxygens (including phenoxy) is 2. The lowest BCUT2D eigenvalue weighted by atomic mass is 10.1. The minimum absolute atomic E-state index is 0.414. The predicted octanol–water partition coefficient (Wildman–Crippen LogP) is 2.01. The first kappa shape index (κ1) is 14.3. The Labute approximate surface area is 115 Å². The van der Waals surface area contributed by atoms with E-state index in [1.165, 1.54) is 5.56 Å². The second kappa shape index (κ2) is 7.48. The fraction of sp³-hybridized carbons (Fsp3) is 0.600. The Kier molecular flexibility index (Phi) is 5.63. The van der Waals surface area contributed by atoms with Gasteiger partial charge in [0.05, 0.1) is 19.8 Å². The summed E-state index contributed by atoms with van der Waals surface area (Å²) in [7, 11) is 1.72. The molecule has 2 N–H and O–H groups in total. The van der Waals surface area contributed by atoms with E-state index in [9.17, 15) is 0 Å². The van der Waals surface area contributed by atoms with Gasteiger partial charge in [-0.1, -0.05) is 12.1 Å². The Hall–Kier alpha value is -1.10. The van der Waals surface area contributed by atoms with Crippen LogP contribution < -0.4 is 10.6 Å². The minimum atomic E-state index is 0.414. The molecular formula is C15H24N2O2. The van der Waals surface area contributed by atoms with Crippen molar-refractivity contribution >= 4 is 5.69 Å². The number of hydrogen-bond acceptors (Lipinski definition) is 4. The summed E-state index contributed by atoms with van der Waals surface area (Å²) in [5.41, 5.74) is 2.35. The number of anilines is 1. The third kappa shape index (κ3) is 4.82. The first-order valence-electron chi connectivity index (χ1n) is 6.93. The summed E-state index contributed by atoms with van der Waals surface area (Å²) in [6.45, 7) is 5.47. The second-order valence-corrected chi connectivity index (χ2v) is 5.14. The van der Waals surface area contributed by atoms with Crippen LogP contribution in [0, 0.1) is 0 Å². The highest BCUT2D eigenvalue weighted by atomic mass is 16.5. The molecule has 0 bridgehead atoms. The topological polar surface area (TPSA) is 42.5 Å². The van der Waals surface area contributed by atoms with Crippen LogP contribution in [0.4, 0.5) is 5.69 Å². The molecule has 1 aromatic carbocycles. The van der Waals surface area contributed by atoms with Gasteiger partial charge in [0.15, 0.2) is 0 Å². The van der Waals surface area contributed by atoms with Crippen molar-refractivity contribution in [2.75, 3.05) is 32.2 Å². The van der Waals surface area contributed by atoms with Gasteiger partial charge < -0.3 is 20.1 Å². The van der Waals surface area contributed by atoms with Gasteiger partial charge in [0.2, 0.25) is 0 Å². The maximum absolute atomic E-state index is 5.48. The number of hydrogen-bond donors (Lipinski definition) is 2. The van der Waals surface area contributed by atoms with Crippen molar-refractivity contribution in [3.05, 3.63) is 29.8 Å². The van der Waals surface area contributed by atoms with Gasteiger partial charge in [0.25, 0.3) is 0 Å². The largest absolute Gasteiger partial charge is 0.383 e. The Morgan fingerprint density at radius 2 is 2.42 bits per heavy atom. The van der Waals surface area contributed by atoms with Crippen LogP contribution in [0.5, 0.6) is 0 Å². The van der Waals surface area contributed by atoms with Crippen molar-refractivity contribution in [2.24, 2.45) is 0 Å². The number of rotatable bonds is 6. The highest BCUT2D eigenvalue weighted by Crippen LogP contribution is 2.14. The van der Waals surface area contributed by atoms with Crippen LogP contribution in [-0.4, -0.2) is 39.0 Å². The van der Waals surface area contributed by atoms with E-state index in [-0.39, 0.29) is 0 Å². The van der Waals surface area contributed by atoms with E-state index >= 15 is 0 Å². The molecule has 0 aliphatic carbocycles. The summed E-state index contributed by atoms with van der Waals surface area (Å²) in [5, 5.41) is 7.02. The van der Waals surface area contributed by atoms with E-state index in [2.05, 4.69) is 41.8 Å². The quantitative estimate of drug-likeness (QED) is 0.825. The Morgan fingerprint density at radius 3 is 3.16 bits per heavy atom. The summed E-state index contributed by atoms with van der Waals surface area (Å²) >= 11 is 0. The molecule has 2 unspecified atom stereocenters. The van der Waals surface area contributed by atoms with Crippen molar-refractivity contribution < 1.29 is 9.47 Å². The van der Waals surface area contributed by atoms with Crippen LogP contribution in [0.3, 0.4) is 0 Å². The molecule has 0 amide bonds. The molecule has 1 fully saturated rings. The molecule has 1 heterocycles. The lowest BCUT2D eigenvalue weighted by molar-refractivity contribution is 0.0731. The molecule has 106 valence electrons. The fourth-order valence-electron chi connectivity index (χ4n) is 2.46. The summed E-state index contributed by atoms with van der Waals surface area (Å²) in [5.74, 6) is 0. The normalized spacial score (nSPS) is 21.1. The molecule has 2 rings (SSSR count). The zero-order valence-corrected chi connectivity index (χ0v) is 11.8. The highest BCUT2D eigenvalue weighted by molar-refractivity contribution is 5.46. The predicted molar refractivity (Wildman–Crippen MR) is 77.5 cm³/mol. The Bertz CT molecular complexity index is 378. The molecule has 4 nitrogen and oxygen atoms in total. The van der Waals surface area contributed by atoms with Gasteiger partial charge in [0.1, 0.15) is 0 Å². The van der Waals surface area contributed by atoms with Crippen LogP contribution in [0.25, 0.3) is 0 Å². The molecule has 0 saturated carbocycles. The van der Waals surface area contributed by atoms with Crippen molar-refractivity contribution in [2.45, 2.75) is 32.0 Å². The highest BCUT2D eigenvalue weighted by Gasteiger charge is 2.16. The van der Waals surface area contributed by atoms with E-state index in [1.54, 1.807) is 7.11 Å². The van der Waals surface area contributed by atoms with E-state index in [0.717, 1.165) is 31.9 Å². The summed E-state index contributed by atoms with van der Waals surface area (Å²) in [4.78, 5) is 0. The van der Waals surface area contributed by atoms with Crippen molar-refractivity contribution in [3.63, 3.8) is 0 Å². The Morgan fingerprint density at radius 1 is 1.53 bits per heavy atom. The second-order valence-electron chi connectivity index (χ2n) is 5.14. The fourth-order valence-corrected chi connectivity index (χ4v) is 2.46. The van der Waals surface area contributed by atoms with Crippen LogP contribution >= 0.6 is 0 Å². The molecule has 1 saturated heterocycles. The van der Waals surface area contributed by atoms with Gasteiger partial charge in [0, 0.05) is 31.4 Å². The molecule has 0 spiro atoms. The van der Waals surface area contributed by atoms with Gasteiger partial charge in [-0.15, -0.1) is 0 Å². The van der Waals surface area contributed by atoms with E-state index in [4.69, 9.17) is 9.47 Å². The standard InChI is InChI=1S/C15H24N2O2/c1-12(8-15-11-19-7-6-16-15)17-14-5-3-4-13(9-14)10-18-2/h3-5,9,12,15-17H,6-8,10-11H2,1-2H3. The first-order valence-corrected chi connectivity index (χ1v) is 6.93. The van der Waals surface area contributed by atoms with Crippen LogP contribution in [0.2, 0.25) is 0 Å². The maximum Gasteiger partial charge on any atom is 0.0713 e. The van der Waals surface area contributed by atoms with Gasteiger partial charge in [-0.25, -0.2) is 0 Å². The van der Waals surface area contributed by atoms with E-state index in [0.29, 0.717) is 18.7 Å². The summed E-state index contributed by atoms with van der Waals surface area (Å²) < 4.78 is 10.6. The SMILES string of the molecule is COCc1cccc(NC(C)CC2COCCN2)c1.